The van der Waals surface area contributed by atoms with Gasteiger partial charge in [0.25, 0.3) is 0 Å². The Morgan fingerprint density at radius 2 is 1.95 bits per heavy atom. The highest BCUT2D eigenvalue weighted by atomic mass is 35.5. The first-order valence-corrected chi connectivity index (χ1v) is 14.5. The zero-order valence-corrected chi connectivity index (χ0v) is 25.0. The first kappa shape index (κ1) is 29.2. The van der Waals surface area contributed by atoms with Crippen LogP contribution < -0.4 is 20.0 Å². The molecular formula is C30H29Cl2FN6O4. The number of benzene rings is 1. The van der Waals surface area contributed by atoms with Crippen LogP contribution in [-0.2, 0) is 0 Å². The number of fused-ring (bicyclic) bond motifs is 1. The van der Waals surface area contributed by atoms with E-state index in [0.717, 1.165) is 18.9 Å². The fraction of sp³-hybridized carbons (Fsp3) is 0.333. The van der Waals surface area contributed by atoms with Crippen molar-refractivity contribution in [1.82, 2.24) is 19.4 Å². The third-order valence-electron chi connectivity index (χ3n) is 8.12. The van der Waals surface area contributed by atoms with E-state index in [1.807, 2.05) is 26.2 Å². The van der Waals surface area contributed by atoms with Crippen molar-refractivity contribution in [2.75, 3.05) is 50.1 Å². The van der Waals surface area contributed by atoms with E-state index < -0.39 is 29.2 Å². The molecule has 1 aromatic carbocycles. The van der Waals surface area contributed by atoms with Crippen LogP contribution in [0.25, 0.3) is 16.6 Å². The van der Waals surface area contributed by atoms with E-state index in [1.54, 1.807) is 33.9 Å². The van der Waals surface area contributed by atoms with Crippen LogP contribution in [0.5, 0.6) is 5.88 Å². The highest BCUT2D eigenvalue weighted by Crippen LogP contribution is 2.37. The van der Waals surface area contributed by atoms with Gasteiger partial charge in [0.05, 0.1) is 34.2 Å². The third-order valence-corrected chi connectivity index (χ3v) is 8.71. The van der Waals surface area contributed by atoms with E-state index in [-0.39, 0.29) is 29.3 Å². The van der Waals surface area contributed by atoms with Crippen LogP contribution in [0.15, 0.2) is 59.8 Å². The predicted octanol–water partition coefficient (Wildman–Crippen LogP) is 4.53. The molecule has 0 unspecified atom stereocenters. The summed E-state index contributed by atoms with van der Waals surface area (Å²) in [4.78, 5) is 40.1. The Kier molecular flexibility index (Phi) is 7.89. The second-order valence-electron chi connectivity index (χ2n) is 10.9. The molecule has 0 radical (unpaired) electrons. The van der Waals surface area contributed by atoms with Crippen LogP contribution in [0.4, 0.5) is 15.9 Å². The maximum Gasteiger partial charge on any atom is 0.341 e. The zero-order valence-electron chi connectivity index (χ0n) is 23.5. The van der Waals surface area contributed by atoms with E-state index >= 15 is 4.39 Å². The molecule has 2 saturated heterocycles. The van der Waals surface area contributed by atoms with Crippen LogP contribution in [0, 0.1) is 0 Å². The number of anilines is 2. The molecule has 2 aliphatic heterocycles. The molecule has 2 fully saturated rings. The summed E-state index contributed by atoms with van der Waals surface area (Å²) in [5, 5.41) is 10.4. The van der Waals surface area contributed by atoms with Crippen LogP contribution in [0.3, 0.4) is 0 Å². The molecule has 2 aliphatic rings. The Morgan fingerprint density at radius 3 is 2.63 bits per heavy atom. The standard InChI is InChI=1S/C30H29Cl2FN6O4/c1-36(2)18-13-37(14-18)27-6-5-17(12-35-27)39-15-20(30(41)42)28(40)19-10-22(32)25(11-24(19)39)38-9-7-23(33)26(38)16-43-29-21(31)4-3-8-34-29/h3-6,8,10-12,15,18,23,26H,7,9,13-14,16H2,1-2H3,(H,41,42)/t23-,26+/m1/s1. The van der Waals surface area contributed by atoms with Gasteiger partial charge in [0, 0.05) is 43.5 Å². The quantitative estimate of drug-likeness (QED) is 0.302. The van der Waals surface area contributed by atoms with Gasteiger partial charge in [0.1, 0.15) is 29.2 Å². The summed E-state index contributed by atoms with van der Waals surface area (Å²) >= 11 is 12.9. The molecule has 3 aromatic heterocycles. The van der Waals surface area contributed by atoms with Gasteiger partial charge in [-0.2, -0.15) is 0 Å². The second-order valence-corrected chi connectivity index (χ2v) is 11.7. The Morgan fingerprint density at radius 1 is 1.16 bits per heavy atom. The molecule has 1 N–H and O–H groups in total. The van der Waals surface area contributed by atoms with Crippen LogP contribution >= 0.6 is 23.2 Å². The van der Waals surface area contributed by atoms with Crippen LogP contribution in [0.1, 0.15) is 16.8 Å². The Hall–Kier alpha value is -3.93. The van der Waals surface area contributed by atoms with Gasteiger partial charge in [-0.3, -0.25) is 4.79 Å². The molecule has 10 nitrogen and oxygen atoms in total. The van der Waals surface area contributed by atoms with Crippen molar-refractivity contribution < 1.29 is 19.0 Å². The first-order chi connectivity index (χ1) is 20.6. The summed E-state index contributed by atoms with van der Waals surface area (Å²) in [6.45, 7) is 2.03. The molecule has 0 bridgehead atoms. The number of pyridine rings is 3. The van der Waals surface area contributed by atoms with Gasteiger partial charge in [0.15, 0.2) is 0 Å². The van der Waals surface area contributed by atoms with E-state index in [1.165, 1.54) is 18.5 Å². The largest absolute Gasteiger partial charge is 0.477 e. The molecule has 224 valence electrons. The normalized spacial score (nSPS) is 18.8. The van der Waals surface area contributed by atoms with E-state index in [2.05, 4.69) is 19.8 Å². The lowest BCUT2D eigenvalue weighted by Crippen LogP contribution is -2.57. The van der Waals surface area contributed by atoms with E-state index in [9.17, 15) is 14.7 Å². The van der Waals surface area contributed by atoms with E-state index in [4.69, 9.17) is 27.9 Å². The number of carboxylic acid groups (broad SMARTS) is 1. The minimum absolute atomic E-state index is 0.0341. The van der Waals surface area contributed by atoms with Gasteiger partial charge < -0.3 is 29.1 Å². The SMILES string of the molecule is CN(C)C1CN(c2ccc(-n3cc(C(=O)O)c(=O)c4cc(Cl)c(N5CC[C@@H](F)[C@@H]5COc5ncccc5Cl)cc43)cn2)C1. The highest BCUT2D eigenvalue weighted by Gasteiger charge is 2.37. The molecule has 0 amide bonds. The number of rotatable bonds is 8. The molecule has 43 heavy (non-hydrogen) atoms. The molecule has 0 saturated carbocycles. The van der Waals surface area contributed by atoms with Gasteiger partial charge in [0.2, 0.25) is 11.3 Å². The second kappa shape index (κ2) is 11.6. The summed E-state index contributed by atoms with van der Waals surface area (Å²) in [5.74, 6) is -0.350. The number of hydrogen-bond acceptors (Lipinski definition) is 8. The molecular weight excluding hydrogens is 598 g/mol. The number of aromatic carboxylic acids is 1. The van der Waals surface area contributed by atoms with Crippen LogP contribution in [0.2, 0.25) is 10.0 Å². The lowest BCUT2D eigenvalue weighted by molar-refractivity contribution is 0.0695. The van der Waals surface area contributed by atoms with Crippen molar-refractivity contribution in [1.29, 1.82) is 0 Å². The molecule has 13 heteroatoms. The molecule has 6 rings (SSSR count). The molecule has 0 aliphatic carbocycles. The summed E-state index contributed by atoms with van der Waals surface area (Å²) in [5.41, 5.74) is 0.396. The Balaban J connectivity index is 1.38. The molecule has 0 spiro atoms. The van der Waals surface area contributed by atoms with Gasteiger partial charge in [-0.15, -0.1) is 0 Å². The maximum absolute atomic E-state index is 15.2. The summed E-state index contributed by atoms with van der Waals surface area (Å²) < 4.78 is 22.6. The number of likely N-dealkylation sites (N-methyl/N-ethyl adjacent to an activating group) is 1. The number of aromatic nitrogens is 3. The van der Waals surface area contributed by atoms with E-state index in [0.29, 0.717) is 34.5 Å². The van der Waals surface area contributed by atoms with Gasteiger partial charge in [-0.05, 0) is 56.9 Å². The van der Waals surface area contributed by atoms with Crippen molar-refractivity contribution in [3.05, 3.63) is 80.8 Å². The molecule has 5 heterocycles. The van der Waals surface area contributed by atoms with Crippen molar-refractivity contribution in [2.45, 2.75) is 24.7 Å². The average molecular weight is 628 g/mol. The van der Waals surface area contributed by atoms with Gasteiger partial charge in [-0.25, -0.2) is 19.2 Å². The molecule has 2 atom stereocenters. The lowest BCUT2D eigenvalue weighted by atomic mass is 10.1. The minimum Gasteiger partial charge on any atom is -0.477 e. The van der Waals surface area contributed by atoms with Crippen molar-refractivity contribution in [3.8, 4) is 11.6 Å². The monoisotopic (exact) mass is 626 g/mol. The van der Waals surface area contributed by atoms with Crippen molar-refractivity contribution in [2.24, 2.45) is 0 Å². The highest BCUT2D eigenvalue weighted by molar-refractivity contribution is 6.34. The lowest BCUT2D eigenvalue weighted by Gasteiger charge is -2.43. The topological polar surface area (TPSA) is 104 Å². The van der Waals surface area contributed by atoms with Gasteiger partial charge >= 0.3 is 5.97 Å². The average Bonchev–Trinajstić information content (AvgIpc) is 3.31. The fourth-order valence-corrected chi connectivity index (χ4v) is 6.00. The number of hydrogen-bond donors (Lipinski definition) is 1. The predicted molar refractivity (Wildman–Crippen MR) is 164 cm³/mol. The number of nitrogens with zero attached hydrogens (tertiary/aromatic N) is 6. The van der Waals surface area contributed by atoms with Crippen molar-refractivity contribution >= 4 is 51.6 Å². The zero-order chi connectivity index (χ0) is 30.4. The Bertz CT molecular complexity index is 1750. The molecule has 4 aromatic rings. The van der Waals surface area contributed by atoms with Gasteiger partial charge in [-0.1, -0.05) is 23.2 Å². The number of carboxylic acids is 1. The first-order valence-electron chi connectivity index (χ1n) is 13.8. The number of halogens is 3. The van der Waals surface area contributed by atoms with Crippen molar-refractivity contribution in [3.63, 3.8) is 0 Å². The maximum atomic E-state index is 15.2. The number of ether oxygens (including phenoxy) is 1. The summed E-state index contributed by atoms with van der Waals surface area (Å²) in [6, 6.07) is 9.90. The fourth-order valence-electron chi connectivity index (χ4n) is 5.55. The smallest absolute Gasteiger partial charge is 0.341 e. The summed E-state index contributed by atoms with van der Waals surface area (Å²) in [6.07, 6.45) is 3.51. The third kappa shape index (κ3) is 5.48. The Labute approximate surface area is 256 Å². The summed E-state index contributed by atoms with van der Waals surface area (Å²) in [7, 11) is 4.09. The number of alkyl halides is 1. The number of carbonyl (C=O) groups is 1. The van der Waals surface area contributed by atoms with Crippen LogP contribution in [-0.4, -0.2) is 89.1 Å². The minimum atomic E-state index is -1.36.